The summed E-state index contributed by atoms with van der Waals surface area (Å²) in [6.45, 7) is 4.12. The van der Waals surface area contributed by atoms with E-state index in [1.165, 1.54) is 23.3 Å². The standard InChI is InChI=1S/C17H21N3O3/c1-3-13-10-14(7-6-12(13)2)18-15-11-16(22)20(17(23)19-15)8-4-5-9-21/h4-7,10-11,18,21H,3,8-9H2,1-2H3,(H,19,23)/b5-4+. The zero-order valence-electron chi connectivity index (χ0n) is 13.3. The van der Waals surface area contributed by atoms with Crippen molar-refractivity contribution in [2.75, 3.05) is 11.9 Å². The number of aryl methyl sites for hydroxylation is 2. The zero-order valence-corrected chi connectivity index (χ0v) is 13.3. The van der Waals surface area contributed by atoms with Gasteiger partial charge in [-0.3, -0.25) is 14.3 Å². The van der Waals surface area contributed by atoms with Crippen molar-refractivity contribution in [1.29, 1.82) is 0 Å². The highest BCUT2D eigenvalue weighted by Crippen LogP contribution is 2.18. The summed E-state index contributed by atoms with van der Waals surface area (Å²) in [4.78, 5) is 26.7. The molecule has 0 aliphatic carbocycles. The number of rotatable bonds is 6. The molecule has 1 heterocycles. The van der Waals surface area contributed by atoms with Crippen LogP contribution in [-0.2, 0) is 13.0 Å². The van der Waals surface area contributed by atoms with Gasteiger partial charge < -0.3 is 10.4 Å². The van der Waals surface area contributed by atoms with Crippen LogP contribution in [0, 0.1) is 6.92 Å². The number of nitrogens with zero attached hydrogens (tertiary/aromatic N) is 1. The lowest BCUT2D eigenvalue weighted by Crippen LogP contribution is -2.34. The van der Waals surface area contributed by atoms with Crippen LogP contribution in [-0.4, -0.2) is 21.3 Å². The molecule has 23 heavy (non-hydrogen) atoms. The fourth-order valence-electron chi connectivity index (χ4n) is 2.30. The highest BCUT2D eigenvalue weighted by Gasteiger charge is 2.04. The number of allylic oxidation sites excluding steroid dienone is 1. The summed E-state index contributed by atoms with van der Waals surface area (Å²) >= 11 is 0. The SMILES string of the molecule is CCc1cc(Nc2cc(=O)n(C/C=C/CO)c(=O)[nH]2)ccc1C. The molecule has 0 aliphatic heterocycles. The molecule has 3 N–H and O–H groups in total. The molecule has 0 bridgehead atoms. The van der Waals surface area contributed by atoms with Gasteiger partial charge in [0.25, 0.3) is 5.56 Å². The minimum Gasteiger partial charge on any atom is -0.392 e. The average Bonchev–Trinajstić information content (AvgIpc) is 2.52. The van der Waals surface area contributed by atoms with Crippen LogP contribution in [0.3, 0.4) is 0 Å². The number of aliphatic hydroxyl groups excluding tert-OH is 1. The third-order valence-electron chi connectivity index (χ3n) is 3.59. The largest absolute Gasteiger partial charge is 0.392 e. The number of H-pyrrole nitrogens is 1. The maximum absolute atomic E-state index is 12.0. The normalized spacial score (nSPS) is 11.1. The van der Waals surface area contributed by atoms with E-state index in [-0.39, 0.29) is 13.2 Å². The lowest BCUT2D eigenvalue weighted by atomic mass is 10.1. The topological polar surface area (TPSA) is 87.1 Å². The molecule has 0 fully saturated rings. The van der Waals surface area contributed by atoms with E-state index in [2.05, 4.69) is 17.2 Å². The van der Waals surface area contributed by atoms with Crippen molar-refractivity contribution >= 4 is 11.5 Å². The van der Waals surface area contributed by atoms with Crippen molar-refractivity contribution in [2.45, 2.75) is 26.8 Å². The Morgan fingerprint density at radius 3 is 2.70 bits per heavy atom. The highest BCUT2D eigenvalue weighted by molar-refractivity contribution is 5.57. The second-order valence-electron chi connectivity index (χ2n) is 5.21. The van der Waals surface area contributed by atoms with Crippen LogP contribution >= 0.6 is 0 Å². The van der Waals surface area contributed by atoms with Gasteiger partial charge in [0.2, 0.25) is 0 Å². The van der Waals surface area contributed by atoms with Crippen molar-refractivity contribution in [2.24, 2.45) is 0 Å². The molecule has 0 spiro atoms. The molecule has 0 aliphatic rings. The van der Waals surface area contributed by atoms with Gasteiger partial charge in [0, 0.05) is 18.3 Å². The predicted molar refractivity (Wildman–Crippen MR) is 91.4 cm³/mol. The Morgan fingerprint density at radius 1 is 1.26 bits per heavy atom. The second-order valence-corrected chi connectivity index (χ2v) is 5.21. The summed E-state index contributed by atoms with van der Waals surface area (Å²) in [5.74, 6) is 0.355. The van der Waals surface area contributed by atoms with E-state index in [9.17, 15) is 9.59 Å². The van der Waals surface area contributed by atoms with Crippen molar-refractivity contribution < 1.29 is 5.11 Å². The van der Waals surface area contributed by atoms with Gasteiger partial charge in [0.15, 0.2) is 0 Å². The van der Waals surface area contributed by atoms with Crippen molar-refractivity contribution in [3.63, 3.8) is 0 Å². The Balaban J connectivity index is 2.26. The van der Waals surface area contributed by atoms with E-state index in [1.54, 1.807) is 6.08 Å². The minimum atomic E-state index is -0.495. The first-order chi connectivity index (χ1) is 11.0. The molecule has 0 saturated carbocycles. The van der Waals surface area contributed by atoms with E-state index in [0.717, 1.165) is 16.7 Å². The minimum absolute atomic E-state index is 0.125. The Bertz CT molecular complexity index is 787. The first kappa shape index (κ1) is 16.8. The number of aromatic nitrogens is 2. The number of hydrogen-bond donors (Lipinski definition) is 3. The quantitative estimate of drug-likeness (QED) is 0.708. The molecule has 1 aromatic heterocycles. The molecule has 6 heteroatoms. The van der Waals surface area contributed by atoms with Crippen molar-refractivity contribution in [1.82, 2.24) is 9.55 Å². The number of anilines is 2. The van der Waals surface area contributed by atoms with Crippen LogP contribution in [0.15, 0.2) is 46.0 Å². The third-order valence-corrected chi connectivity index (χ3v) is 3.59. The van der Waals surface area contributed by atoms with Gasteiger partial charge >= 0.3 is 5.69 Å². The summed E-state index contributed by atoms with van der Waals surface area (Å²) in [5, 5.41) is 11.7. The Kier molecular flexibility index (Phi) is 5.54. The van der Waals surface area contributed by atoms with Gasteiger partial charge in [-0.05, 0) is 36.6 Å². The van der Waals surface area contributed by atoms with E-state index < -0.39 is 11.2 Å². The monoisotopic (exact) mass is 315 g/mol. The Labute approximate surface area is 134 Å². The molecule has 1 aromatic carbocycles. The van der Waals surface area contributed by atoms with Crippen molar-refractivity contribution in [3.8, 4) is 0 Å². The lowest BCUT2D eigenvalue weighted by Gasteiger charge is -2.10. The van der Waals surface area contributed by atoms with Gasteiger partial charge in [-0.15, -0.1) is 0 Å². The summed E-state index contributed by atoms with van der Waals surface area (Å²) < 4.78 is 1.06. The number of aromatic amines is 1. The molecule has 0 amide bonds. The maximum atomic E-state index is 12.0. The molecule has 2 rings (SSSR count). The third kappa shape index (κ3) is 4.20. The fraction of sp³-hybridized carbons (Fsp3) is 0.294. The second kappa shape index (κ2) is 7.60. The van der Waals surface area contributed by atoms with E-state index in [4.69, 9.17) is 5.11 Å². The Hall–Kier alpha value is -2.60. The molecule has 6 nitrogen and oxygen atoms in total. The molecular weight excluding hydrogens is 294 g/mol. The molecule has 0 atom stereocenters. The van der Waals surface area contributed by atoms with Crippen LogP contribution in [0.4, 0.5) is 11.5 Å². The van der Waals surface area contributed by atoms with E-state index >= 15 is 0 Å². The van der Waals surface area contributed by atoms with Crippen LogP contribution < -0.4 is 16.6 Å². The number of hydrogen-bond acceptors (Lipinski definition) is 4. The van der Waals surface area contributed by atoms with Crippen LogP contribution in [0.25, 0.3) is 0 Å². The van der Waals surface area contributed by atoms with Gasteiger partial charge in [-0.2, -0.15) is 0 Å². The van der Waals surface area contributed by atoms with Crippen molar-refractivity contribution in [3.05, 3.63) is 68.4 Å². The average molecular weight is 315 g/mol. The number of aliphatic hydroxyl groups is 1. The van der Waals surface area contributed by atoms with Gasteiger partial charge in [0.1, 0.15) is 5.82 Å². The van der Waals surface area contributed by atoms with Crippen LogP contribution in [0.5, 0.6) is 0 Å². The summed E-state index contributed by atoms with van der Waals surface area (Å²) in [6, 6.07) is 7.26. The Morgan fingerprint density at radius 2 is 2.04 bits per heavy atom. The molecule has 122 valence electrons. The number of benzene rings is 1. The number of nitrogens with one attached hydrogen (secondary N) is 2. The zero-order chi connectivity index (χ0) is 16.8. The maximum Gasteiger partial charge on any atom is 0.330 e. The first-order valence-electron chi connectivity index (χ1n) is 7.51. The van der Waals surface area contributed by atoms with Gasteiger partial charge in [-0.25, -0.2) is 4.79 Å². The smallest absolute Gasteiger partial charge is 0.330 e. The molecule has 2 aromatic rings. The highest BCUT2D eigenvalue weighted by atomic mass is 16.2. The molecular formula is C17H21N3O3. The summed E-state index contributed by atoms with van der Waals surface area (Å²) in [6.07, 6.45) is 3.96. The lowest BCUT2D eigenvalue weighted by molar-refractivity contribution is 0.342. The van der Waals surface area contributed by atoms with Crippen LogP contribution in [0.2, 0.25) is 0 Å². The van der Waals surface area contributed by atoms with E-state index in [0.29, 0.717) is 5.82 Å². The molecule has 0 radical (unpaired) electrons. The first-order valence-corrected chi connectivity index (χ1v) is 7.51. The van der Waals surface area contributed by atoms with E-state index in [1.807, 2.05) is 25.1 Å². The predicted octanol–water partition coefficient (Wildman–Crippen LogP) is 1.70. The van der Waals surface area contributed by atoms with Crippen LogP contribution in [0.1, 0.15) is 18.1 Å². The van der Waals surface area contributed by atoms with Gasteiger partial charge in [0.05, 0.1) is 6.61 Å². The molecule has 0 saturated heterocycles. The summed E-state index contributed by atoms with van der Waals surface area (Å²) in [7, 11) is 0. The summed E-state index contributed by atoms with van der Waals surface area (Å²) in [5.41, 5.74) is 2.34. The fourth-order valence-corrected chi connectivity index (χ4v) is 2.30. The molecule has 0 unspecified atom stereocenters. The van der Waals surface area contributed by atoms with Gasteiger partial charge in [-0.1, -0.05) is 25.1 Å².